The Kier molecular flexibility index (Phi) is 5.63. The van der Waals surface area contributed by atoms with Crippen LogP contribution in [0.1, 0.15) is 19.4 Å². The summed E-state index contributed by atoms with van der Waals surface area (Å²) >= 11 is 0. The molecule has 94 valence electrons. The lowest BCUT2D eigenvalue weighted by atomic mass is 10.1. The fourth-order valence-corrected chi connectivity index (χ4v) is 1.36. The van der Waals surface area contributed by atoms with Crippen molar-refractivity contribution >= 4 is 5.91 Å². The molecule has 0 atom stereocenters. The first-order valence-corrected chi connectivity index (χ1v) is 5.82. The molecular weight excluding hydrogens is 219 g/mol. The number of hydrogen-bond donors (Lipinski definition) is 2. The van der Waals surface area contributed by atoms with Gasteiger partial charge in [0.15, 0.2) is 0 Å². The maximum absolute atomic E-state index is 12.6. The molecule has 4 heteroatoms. The second kappa shape index (κ2) is 7.01. The van der Waals surface area contributed by atoms with E-state index in [4.69, 9.17) is 0 Å². The van der Waals surface area contributed by atoms with Gasteiger partial charge in [-0.25, -0.2) is 4.39 Å². The summed E-state index contributed by atoms with van der Waals surface area (Å²) in [4.78, 5) is 11.4. The van der Waals surface area contributed by atoms with Crippen molar-refractivity contribution < 1.29 is 9.18 Å². The van der Waals surface area contributed by atoms with Gasteiger partial charge in [0.1, 0.15) is 5.82 Å². The number of rotatable bonds is 6. The topological polar surface area (TPSA) is 41.1 Å². The Balaban J connectivity index is 2.19. The van der Waals surface area contributed by atoms with E-state index < -0.39 is 0 Å². The third-order valence-electron chi connectivity index (χ3n) is 2.32. The number of amides is 1. The van der Waals surface area contributed by atoms with Gasteiger partial charge >= 0.3 is 0 Å². The SMILES string of the molecule is CC(C)NCC(=O)NCCc1ccc(F)cc1. The molecule has 0 aromatic heterocycles. The molecule has 2 N–H and O–H groups in total. The second-order valence-corrected chi connectivity index (χ2v) is 4.26. The van der Waals surface area contributed by atoms with Gasteiger partial charge in [0, 0.05) is 12.6 Å². The van der Waals surface area contributed by atoms with Gasteiger partial charge in [-0.15, -0.1) is 0 Å². The molecule has 1 amide bonds. The standard InChI is InChI=1S/C13H19FN2O/c1-10(2)16-9-13(17)15-8-7-11-3-5-12(14)6-4-11/h3-6,10,16H,7-9H2,1-2H3,(H,15,17). The monoisotopic (exact) mass is 238 g/mol. The van der Waals surface area contributed by atoms with Gasteiger partial charge in [-0.2, -0.15) is 0 Å². The molecule has 0 saturated heterocycles. The van der Waals surface area contributed by atoms with E-state index in [0.717, 1.165) is 5.56 Å². The number of carbonyl (C=O) groups is 1. The minimum Gasteiger partial charge on any atom is -0.355 e. The zero-order chi connectivity index (χ0) is 12.7. The van der Waals surface area contributed by atoms with Gasteiger partial charge in [0.05, 0.1) is 6.54 Å². The molecule has 1 aromatic rings. The van der Waals surface area contributed by atoms with Crippen molar-refractivity contribution in [1.29, 1.82) is 0 Å². The van der Waals surface area contributed by atoms with Crippen molar-refractivity contribution in [2.24, 2.45) is 0 Å². The van der Waals surface area contributed by atoms with E-state index >= 15 is 0 Å². The van der Waals surface area contributed by atoms with E-state index in [1.807, 2.05) is 13.8 Å². The largest absolute Gasteiger partial charge is 0.355 e. The van der Waals surface area contributed by atoms with Crippen LogP contribution >= 0.6 is 0 Å². The fraction of sp³-hybridized carbons (Fsp3) is 0.462. The highest BCUT2D eigenvalue weighted by Gasteiger charge is 2.01. The van der Waals surface area contributed by atoms with E-state index in [2.05, 4.69) is 10.6 Å². The van der Waals surface area contributed by atoms with E-state index in [9.17, 15) is 9.18 Å². The minimum absolute atomic E-state index is 0.0131. The van der Waals surface area contributed by atoms with Gasteiger partial charge in [-0.3, -0.25) is 4.79 Å². The third kappa shape index (κ3) is 6.02. The molecule has 1 rings (SSSR count). The molecule has 1 aromatic carbocycles. The minimum atomic E-state index is -0.237. The molecule has 3 nitrogen and oxygen atoms in total. The van der Waals surface area contributed by atoms with Crippen molar-refractivity contribution in [1.82, 2.24) is 10.6 Å². The van der Waals surface area contributed by atoms with Crippen molar-refractivity contribution in [3.05, 3.63) is 35.6 Å². The summed E-state index contributed by atoms with van der Waals surface area (Å²) in [6, 6.07) is 6.62. The summed E-state index contributed by atoms with van der Waals surface area (Å²) in [7, 11) is 0. The predicted octanol–water partition coefficient (Wildman–Crippen LogP) is 1.48. The van der Waals surface area contributed by atoms with Gasteiger partial charge in [0.25, 0.3) is 0 Å². The second-order valence-electron chi connectivity index (χ2n) is 4.26. The molecule has 17 heavy (non-hydrogen) atoms. The van der Waals surface area contributed by atoms with Crippen molar-refractivity contribution in [2.75, 3.05) is 13.1 Å². The third-order valence-corrected chi connectivity index (χ3v) is 2.32. The lowest BCUT2D eigenvalue weighted by Gasteiger charge is -2.08. The number of hydrogen-bond acceptors (Lipinski definition) is 2. The number of halogens is 1. The first kappa shape index (κ1) is 13.6. The Morgan fingerprint density at radius 3 is 2.53 bits per heavy atom. The normalized spacial score (nSPS) is 10.6. The molecule has 0 radical (unpaired) electrons. The average Bonchev–Trinajstić information content (AvgIpc) is 2.29. The van der Waals surface area contributed by atoms with Crippen LogP contribution in [0.2, 0.25) is 0 Å². The zero-order valence-electron chi connectivity index (χ0n) is 10.3. The van der Waals surface area contributed by atoms with E-state index in [-0.39, 0.29) is 11.7 Å². The first-order chi connectivity index (χ1) is 8.08. The molecule has 0 aliphatic carbocycles. The van der Waals surface area contributed by atoms with Crippen LogP contribution < -0.4 is 10.6 Å². The Morgan fingerprint density at radius 2 is 1.94 bits per heavy atom. The molecular formula is C13H19FN2O. The number of carbonyl (C=O) groups excluding carboxylic acids is 1. The maximum atomic E-state index is 12.6. The smallest absolute Gasteiger partial charge is 0.233 e. The maximum Gasteiger partial charge on any atom is 0.233 e. The summed E-state index contributed by atoms with van der Waals surface area (Å²) in [5.41, 5.74) is 1.02. The molecule has 0 bridgehead atoms. The Hall–Kier alpha value is -1.42. The van der Waals surface area contributed by atoms with Crippen molar-refractivity contribution in [2.45, 2.75) is 26.3 Å². The van der Waals surface area contributed by atoms with Crippen LogP contribution in [0.3, 0.4) is 0 Å². The van der Waals surface area contributed by atoms with E-state index in [0.29, 0.717) is 25.6 Å². The summed E-state index contributed by atoms with van der Waals surface area (Å²) in [5, 5.41) is 5.85. The first-order valence-electron chi connectivity index (χ1n) is 5.82. The van der Waals surface area contributed by atoms with E-state index in [1.54, 1.807) is 12.1 Å². The highest BCUT2D eigenvalue weighted by molar-refractivity contribution is 5.77. The van der Waals surface area contributed by atoms with Crippen LogP contribution in [0.15, 0.2) is 24.3 Å². The molecule has 0 aliphatic heterocycles. The van der Waals surface area contributed by atoms with Crippen LogP contribution in [0.4, 0.5) is 4.39 Å². The number of benzene rings is 1. The Morgan fingerprint density at radius 1 is 1.29 bits per heavy atom. The average molecular weight is 238 g/mol. The zero-order valence-corrected chi connectivity index (χ0v) is 10.3. The highest BCUT2D eigenvalue weighted by atomic mass is 19.1. The molecule has 0 aliphatic rings. The molecule has 0 heterocycles. The quantitative estimate of drug-likeness (QED) is 0.788. The van der Waals surface area contributed by atoms with Crippen molar-refractivity contribution in [3.8, 4) is 0 Å². The molecule has 0 saturated carbocycles. The lowest BCUT2D eigenvalue weighted by Crippen LogP contribution is -2.37. The van der Waals surface area contributed by atoms with Gasteiger partial charge in [0.2, 0.25) is 5.91 Å². The Labute approximate surface area is 101 Å². The molecule has 0 fully saturated rings. The van der Waals surface area contributed by atoms with Gasteiger partial charge in [-0.05, 0) is 24.1 Å². The van der Waals surface area contributed by atoms with E-state index in [1.165, 1.54) is 12.1 Å². The lowest BCUT2D eigenvalue weighted by molar-refractivity contribution is -0.120. The molecule has 0 spiro atoms. The van der Waals surface area contributed by atoms with Gasteiger partial charge < -0.3 is 10.6 Å². The van der Waals surface area contributed by atoms with Crippen molar-refractivity contribution in [3.63, 3.8) is 0 Å². The van der Waals surface area contributed by atoms with Crippen LogP contribution in [0.5, 0.6) is 0 Å². The van der Waals surface area contributed by atoms with Gasteiger partial charge in [-0.1, -0.05) is 26.0 Å². The summed E-state index contributed by atoms with van der Waals surface area (Å²) in [6.45, 7) is 4.89. The van der Waals surface area contributed by atoms with Crippen LogP contribution in [-0.4, -0.2) is 25.0 Å². The van der Waals surface area contributed by atoms with Crippen LogP contribution in [-0.2, 0) is 11.2 Å². The summed E-state index contributed by atoms with van der Waals surface area (Å²) in [5.74, 6) is -0.250. The number of nitrogens with one attached hydrogen (secondary N) is 2. The summed E-state index contributed by atoms with van der Waals surface area (Å²) < 4.78 is 12.6. The van der Waals surface area contributed by atoms with Crippen LogP contribution in [0.25, 0.3) is 0 Å². The highest BCUT2D eigenvalue weighted by Crippen LogP contribution is 2.02. The Bertz CT molecular complexity index is 349. The summed E-state index contributed by atoms with van der Waals surface area (Å²) in [6.07, 6.45) is 0.716. The predicted molar refractivity (Wildman–Crippen MR) is 66.3 cm³/mol. The molecule has 0 unspecified atom stereocenters. The van der Waals surface area contributed by atoms with Crippen LogP contribution in [0, 0.1) is 5.82 Å². The fourth-order valence-electron chi connectivity index (χ4n) is 1.36.